The lowest BCUT2D eigenvalue weighted by atomic mass is 10.0. The summed E-state index contributed by atoms with van der Waals surface area (Å²) in [5, 5.41) is 9.68. The minimum absolute atomic E-state index is 0.636. The normalized spacial score (nSPS) is 11.9. The van der Waals surface area contributed by atoms with Crippen molar-refractivity contribution < 1.29 is 0 Å². The molecule has 17 rings (SSSR count). The van der Waals surface area contributed by atoms with E-state index in [1.54, 1.807) is 0 Å². The number of rotatable bonds is 8. The Hall–Kier alpha value is -10.7. The topological polar surface area (TPSA) is 53.5 Å². The number of thiophene rings is 1. The number of hydrogen-bond donors (Lipinski definition) is 0. The van der Waals surface area contributed by atoms with Gasteiger partial charge in [-0.25, -0.2) is 15.0 Å². The van der Waals surface area contributed by atoms with Crippen molar-refractivity contribution >= 4 is 96.9 Å². The first kappa shape index (κ1) is 46.2. The standard InChI is InChI=1S/C75H46N6S/c1-4-16-47(17-5-1)51-30-37-60-59-24-12-15-27-67(59)80(68(60)43-51)56-35-39-62-61-38-31-52(48-28-33-54(34-29-48)79-65-25-13-10-22-57(65)58-23-11-14-26-66(58)79)44-69(61)81(70(62)46-56)55-36-41-72-64(45-55)63-42-53(32-40-71(63)82-72)75-77-73(49-18-6-2-7-19-49)76-74(78-75)50-20-8-3-9-21-50/h1-46H. The number of hydrogen-bond acceptors (Lipinski definition) is 4. The fourth-order valence-electron chi connectivity index (χ4n) is 12.6. The van der Waals surface area contributed by atoms with E-state index in [-0.39, 0.29) is 0 Å². The Morgan fingerprint density at radius 3 is 1.10 bits per heavy atom. The lowest BCUT2D eigenvalue weighted by molar-refractivity contribution is 1.07. The van der Waals surface area contributed by atoms with Gasteiger partial charge >= 0.3 is 0 Å². The molecule has 5 heterocycles. The van der Waals surface area contributed by atoms with Crippen LogP contribution < -0.4 is 0 Å². The Kier molecular flexibility index (Phi) is 10.4. The zero-order valence-corrected chi connectivity index (χ0v) is 45.0. The van der Waals surface area contributed by atoms with Crippen LogP contribution in [0, 0.1) is 0 Å². The third-order valence-corrected chi connectivity index (χ3v) is 17.6. The van der Waals surface area contributed by atoms with Gasteiger partial charge in [-0.05, 0) is 113 Å². The summed E-state index contributed by atoms with van der Waals surface area (Å²) in [7, 11) is 0. The van der Waals surface area contributed by atoms with E-state index >= 15 is 0 Å². The second-order valence-corrected chi connectivity index (χ2v) is 22.3. The first-order valence-corrected chi connectivity index (χ1v) is 28.6. The van der Waals surface area contributed by atoms with Gasteiger partial charge < -0.3 is 13.7 Å². The molecule has 0 aliphatic heterocycles. The Morgan fingerprint density at radius 2 is 0.549 bits per heavy atom. The molecule has 0 bridgehead atoms. The summed E-state index contributed by atoms with van der Waals surface area (Å²) in [5.41, 5.74) is 17.8. The van der Waals surface area contributed by atoms with Crippen LogP contribution in [0.4, 0.5) is 0 Å². The highest BCUT2D eigenvalue weighted by Gasteiger charge is 2.21. The molecule has 0 saturated carbocycles. The maximum absolute atomic E-state index is 5.13. The van der Waals surface area contributed by atoms with E-state index in [1.165, 1.54) is 80.3 Å². The molecular weight excluding hydrogens is 1020 g/mol. The van der Waals surface area contributed by atoms with E-state index in [1.807, 2.05) is 47.7 Å². The van der Waals surface area contributed by atoms with E-state index in [2.05, 4.69) is 256 Å². The summed E-state index contributed by atoms with van der Waals surface area (Å²) in [4.78, 5) is 15.3. The molecule has 12 aromatic carbocycles. The fourth-order valence-corrected chi connectivity index (χ4v) is 13.7. The van der Waals surface area contributed by atoms with Gasteiger partial charge in [-0.1, -0.05) is 188 Å². The lowest BCUT2D eigenvalue weighted by Crippen LogP contribution is -2.00. The second-order valence-electron chi connectivity index (χ2n) is 21.2. The Morgan fingerprint density at radius 1 is 0.207 bits per heavy atom. The summed E-state index contributed by atoms with van der Waals surface area (Å²) >= 11 is 1.81. The predicted molar refractivity (Wildman–Crippen MR) is 343 cm³/mol. The monoisotopic (exact) mass is 1060 g/mol. The molecular formula is C75H46N6S. The van der Waals surface area contributed by atoms with Crippen LogP contribution in [0.2, 0.25) is 0 Å². The molecule has 5 aromatic heterocycles. The number of para-hydroxylation sites is 3. The number of nitrogens with zero attached hydrogens (tertiary/aromatic N) is 6. The van der Waals surface area contributed by atoms with Crippen molar-refractivity contribution in [2.75, 3.05) is 0 Å². The molecule has 0 amide bonds. The van der Waals surface area contributed by atoms with Gasteiger partial charge in [0.1, 0.15) is 0 Å². The molecule has 0 atom stereocenters. The second kappa shape index (κ2) is 18.4. The van der Waals surface area contributed by atoms with Gasteiger partial charge in [-0.2, -0.15) is 0 Å². The van der Waals surface area contributed by atoms with Crippen molar-refractivity contribution in [3.8, 4) is 73.5 Å². The Balaban J connectivity index is 0.861. The first-order chi connectivity index (χ1) is 40.6. The third kappa shape index (κ3) is 7.37. The quantitative estimate of drug-likeness (QED) is 0.152. The van der Waals surface area contributed by atoms with Gasteiger partial charge in [0.25, 0.3) is 0 Å². The zero-order valence-electron chi connectivity index (χ0n) is 44.1. The van der Waals surface area contributed by atoms with Gasteiger partial charge in [0.15, 0.2) is 17.5 Å². The molecule has 0 fully saturated rings. The maximum atomic E-state index is 5.13. The largest absolute Gasteiger partial charge is 0.309 e. The average Bonchev–Trinajstić information content (AvgIpc) is 3.33. The molecule has 6 nitrogen and oxygen atoms in total. The van der Waals surface area contributed by atoms with Crippen molar-refractivity contribution in [1.82, 2.24) is 28.7 Å². The molecule has 0 aliphatic rings. The summed E-state index contributed by atoms with van der Waals surface area (Å²) in [6.45, 7) is 0. The molecule has 0 radical (unpaired) electrons. The molecule has 0 unspecified atom stereocenters. The Bertz CT molecular complexity index is 5270. The summed E-state index contributed by atoms with van der Waals surface area (Å²) in [6.07, 6.45) is 0. The third-order valence-electron chi connectivity index (χ3n) is 16.5. The van der Waals surface area contributed by atoms with E-state index in [9.17, 15) is 0 Å². The SMILES string of the molecule is c1ccc(-c2ccc3c4ccccc4n(-c4ccc5c6ccc(-c7ccc(-n8c9ccccc9c9ccccc98)cc7)cc6n(-c6ccc7sc8ccc(-c9nc(-c%10ccccc%10)nc(-c%10ccccc%10)n9)cc8c7c6)c5c4)c3c2)cc1. The molecule has 17 aromatic rings. The van der Waals surface area contributed by atoms with Crippen LogP contribution in [0.3, 0.4) is 0 Å². The van der Waals surface area contributed by atoms with Crippen LogP contribution in [0.1, 0.15) is 0 Å². The van der Waals surface area contributed by atoms with Crippen molar-refractivity contribution in [1.29, 1.82) is 0 Å². The highest BCUT2D eigenvalue weighted by molar-refractivity contribution is 7.25. The average molecular weight is 1060 g/mol. The van der Waals surface area contributed by atoms with Crippen LogP contribution >= 0.6 is 11.3 Å². The summed E-state index contributed by atoms with van der Waals surface area (Å²) < 4.78 is 9.74. The molecule has 382 valence electrons. The fraction of sp³-hybridized carbons (Fsp3) is 0. The van der Waals surface area contributed by atoms with Crippen molar-refractivity contribution in [2.24, 2.45) is 0 Å². The van der Waals surface area contributed by atoms with Crippen LogP contribution in [0.15, 0.2) is 279 Å². The van der Waals surface area contributed by atoms with Crippen molar-refractivity contribution in [3.05, 3.63) is 279 Å². The van der Waals surface area contributed by atoms with Gasteiger partial charge in [-0.15, -0.1) is 11.3 Å². The zero-order chi connectivity index (χ0) is 53.8. The predicted octanol–water partition coefficient (Wildman–Crippen LogP) is 19.9. The number of fused-ring (bicyclic) bond motifs is 12. The van der Waals surface area contributed by atoms with E-state index in [0.717, 1.165) is 61.3 Å². The number of aromatic nitrogens is 6. The van der Waals surface area contributed by atoms with Crippen molar-refractivity contribution in [2.45, 2.75) is 0 Å². The van der Waals surface area contributed by atoms with E-state index in [0.29, 0.717) is 17.5 Å². The van der Waals surface area contributed by atoms with Gasteiger partial charge in [-0.3, -0.25) is 0 Å². The molecule has 82 heavy (non-hydrogen) atoms. The maximum Gasteiger partial charge on any atom is 0.164 e. The van der Waals surface area contributed by atoms with Crippen molar-refractivity contribution in [3.63, 3.8) is 0 Å². The minimum Gasteiger partial charge on any atom is -0.309 e. The van der Waals surface area contributed by atoms with Crippen LogP contribution in [0.25, 0.3) is 159 Å². The molecule has 0 spiro atoms. The van der Waals surface area contributed by atoms with Gasteiger partial charge in [0, 0.05) is 86.2 Å². The van der Waals surface area contributed by atoms with Gasteiger partial charge in [0.05, 0.1) is 33.1 Å². The highest BCUT2D eigenvalue weighted by Crippen LogP contribution is 2.43. The molecule has 0 saturated heterocycles. The first-order valence-electron chi connectivity index (χ1n) is 27.7. The highest BCUT2D eigenvalue weighted by atomic mass is 32.1. The van der Waals surface area contributed by atoms with E-state index < -0.39 is 0 Å². The van der Waals surface area contributed by atoms with Crippen LogP contribution in [-0.2, 0) is 0 Å². The van der Waals surface area contributed by atoms with E-state index in [4.69, 9.17) is 15.0 Å². The van der Waals surface area contributed by atoms with Crippen LogP contribution in [0.5, 0.6) is 0 Å². The number of benzene rings is 12. The molecule has 0 N–H and O–H groups in total. The smallest absolute Gasteiger partial charge is 0.164 e. The van der Waals surface area contributed by atoms with Gasteiger partial charge in [0.2, 0.25) is 0 Å². The molecule has 0 aliphatic carbocycles. The minimum atomic E-state index is 0.636. The summed E-state index contributed by atoms with van der Waals surface area (Å²) in [6, 6.07) is 101. The summed E-state index contributed by atoms with van der Waals surface area (Å²) in [5.74, 6) is 1.92. The Labute approximate surface area is 475 Å². The van der Waals surface area contributed by atoms with Crippen LogP contribution in [-0.4, -0.2) is 28.7 Å². The molecule has 7 heteroatoms. The lowest BCUT2D eigenvalue weighted by Gasteiger charge is -2.13.